The number of rotatable bonds is 6. The number of aliphatic hydroxyl groups excluding tert-OH is 1. The molecule has 0 saturated carbocycles. The molecule has 6 nitrogen and oxygen atoms in total. The zero-order chi connectivity index (χ0) is 21.3. The summed E-state index contributed by atoms with van der Waals surface area (Å²) in [5.41, 5.74) is 6.15. The van der Waals surface area contributed by atoms with Crippen LogP contribution in [0.3, 0.4) is 0 Å². The summed E-state index contributed by atoms with van der Waals surface area (Å²) in [7, 11) is 0. The average molecular weight is 411 g/mol. The molecule has 1 aliphatic rings. The van der Waals surface area contributed by atoms with Gasteiger partial charge in [-0.1, -0.05) is 12.1 Å². The number of nitrogens with one attached hydrogen (secondary N) is 1. The van der Waals surface area contributed by atoms with Gasteiger partial charge in [-0.2, -0.15) is 0 Å². The molecule has 3 N–H and O–H groups in total. The largest absolute Gasteiger partial charge is 0.392 e. The Morgan fingerprint density at radius 3 is 2.63 bits per heavy atom. The first-order valence-electron chi connectivity index (χ1n) is 10.2. The Hall–Kier alpha value is -2.74. The molecule has 0 aliphatic carbocycles. The molecule has 30 heavy (non-hydrogen) atoms. The Kier molecular flexibility index (Phi) is 5.85. The van der Waals surface area contributed by atoms with Crippen molar-refractivity contribution in [2.45, 2.75) is 32.4 Å². The average Bonchev–Trinajstić information content (AvgIpc) is 3.27. The van der Waals surface area contributed by atoms with Crippen molar-refractivity contribution in [3.63, 3.8) is 0 Å². The van der Waals surface area contributed by atoms with Crippen molar-refractivity contribution in [3.05, 3.63) is 70.7 Å². The number of hydrogen-bond donors (Lipinski definition) is 3. The summed E-state index contributed by atoms with van der Waals surface area (Å²) in [4.78, 5) is 13.8. The van der Waals surface area contributed by atoms with Gasteiger partial charge >= 0.3 is 0 Å². The van der Waals surface area contributed by atoms with E-state index < -0.39 is 5.91 Å². The van der Waals surface area contributed by atoms with Crippen molar-refractivity contribution in [1.82, 2.24) is 14.9 Å². The molecule has 2 aromatic carbocycles. The fraction of sp³-hybridized carbons (Fsp3) is 0.348. The number of carbonyl (C=O) groups is 1. The maximum Gasteiger partial charge on any atom is 0.274 e. The van der Waals surface area contributed by atoms with Crippen LogP contribution in [0.25, 0.3) is 10.9 Å². The van der Waals surface area contributed by atoms with Gasteiger partial charge in [0, 0.05) is 48.3 Å². The molecular weight excluding hydrogens is 385 g/mol. The maximum atomic E-state index is 14.0. The van der Waals surface area contributed by atoms with E-state index in [-0.39, 0.29) is 11.9 Å². The fourth-order valence-electron chi connectivity index (χ4n) is 4.33. The molecule has 1 unspecified atom stereocenters. The zero-order valence-electron chi connectivity index (χ0n) is 16.9. The predicted molar refractivity (Wildman–Crippen MR) is 112 cm³/mol. The molecule has 2 heterocycles. The number of aromatic nitrogens is 1. The molecule has 7 heteroatoms. The molecule has 1 fully saturated rings. The van der Waals surface area contributed by atoms with Crippen LogP contribution in [0.4, 0.5) is 4.39 Å². The highest BCUT2D eigenvalue weighted by Gasteiger charge is 2.21. The third-order valence-corrected chi connectivity index (χ3v) is 6.00. The molecule has 0 spiro atoms. The Bertz CT molecular complexity index is 1060. The number of halogens is 1. The van der Waals surface area contributed by atoms with Gasteiger partial charge in [-0.15, -0.1) is 0 Å². The molecule has 1 aliphatic heterocycles. The number of hydroxylamine groups is 1. The highest BCUT2D eigenvalue weighted by atomic mass is 19.1. The Morgan fingerprint density at radius 1 is 1.20 bits per heavy atom. The van der Waals surface area contributed by atoms with E-state index in [1.54, 1.807) is 23.7 Å². The lowest BCUT2D eigenvalue weighted by atomic mass is 10.0. The van der Waals surface area contributed by atoms with Crippen molar-refractivity contribution < 1.29 is 19.5 Å². The number of carbonyl (C=O) groups excluding carboxylic acids is 1. The van der Waals surface area contributed by atoms with Gasteiger partial charge in [0.05, 0.1) is 6.10 Å². The highest BCUT2D eigenvalue weighted by Crippen LogP contribution is 2.29. The topological polar surface area (TPSA) is 77.7 Å². The van der Waals surface area contributed by atoms with Crippen LogP contribution in [-0.2, 0) is 13.0 Å². The molecule has 0 radical (unpaired) electrons. The van der Waals surface area contributed by atoms with E-state index in [0.717, 1.165) is 53.8 Å². The second-order valence-corrected chi connectivity index (χ2v) is 7.93. The van der Waals surface area contributed by atoms with Crippen LogP contribution in [0.1, 0.15) is 33.6 Å². The van der Waals surface area contributed by atoms with Gasteiger partial charge in [0.1, 0.15) is 5.82 Å². The number of nitrogens with zero attached hydrogens (tertiary/aromatic N) is 2. The number of hydrogen-bond acceptors (Lipinski definition) is 4. The molecule has 1 amide bonds. The number of fused-ring (bicyclic) bond motifs is 1. The van der Waals surface area contributed by atoms with E-state index in [1.165, 1.54) is 6.07 Å². The highest BCUT2D eigenvalue weighted by molar-refractivity contribution is 5.93. The quantitative estimate of drug-likeness (QED) is 0.431. The fourth-order valence-corrected chi connectivity index (χ4v) is 4.33. The SMILES string of the molecule is Cc1c(Cc2ccc(C(=O)NO)cc2)c2cc(F)ccc2n1CCN1CCC(O)C1. The zero-order valence-corrected chi connectivity index (χ0v) is 16.9. The molecule has 0 bridgehead atoms. The van der Waals surface area contributed by atoms with Gasteiger partial charge < -0.3 is 9.67 Å². The molecular formula is C23H26FN3O3. The number of amides is 1. The third kappa shape index (κ3) is 4.09. The number of benzene rings is 2. The van der Waals surface area contributed by atoms with Gasteiger partial charge in [0.2, 0.25) is 0 Å². The van der Waals surface area contributed by atoms with E-state index in [9.17, 15) is 14.3 Å². The molecule has 1 aromatic heterocycles. The predicted octanol–water partition coefficient (Wildman–Crippen LogP) is 2.87. The minimum absolute atomic E-state index is 0.243. The van der Waals surface area contributed by atoms with Crippen molar-refractivity contribution in [1.29, 1.82) is 0 Å². The summed E-state index contributed by atoms with van der Waals surface area (Å²) in [6.07, 6.45) is 1.18. The first-order chi connectivity index (χ1) is 14.5. The molecule has 158 valence electrons. The van der Waals surface area contributed by atoms with E-state index in [0.29, 0.717) is 18.5 Å². The van der Waals surface area contributed by atoms with Crippen molar-refractivity contribution in [2.24, 2.45) is 0 Å². The van der Waals surface area contributed by atoms with Crippen LogP contribution >= 0.6 is 0 Å². The minimum atomic E-state index is -0.552. The first kappa shape index (κ1) is 20.5. The lowest BCUT2D eigenvalue weighted by molar-refractivity contribution is 0.0706. The lowest BCUT2D eigenvalue weighted by Gasteiger charge is -2.17. The molecule has 1 saturated heterocycles. The third-order valence-electron chi connectivity index (χ3n) is 6.00. The van der Waals surface area contributed by atoms with E-state index >= 15 is 0 Å². The summed E-state index contributed by atoms with van der Waals surface area (Å²) >= 11 is 0. The Labute approximate surface area is 174 Å². The molecule has 3 aromatic rings. The number of likely N-dealkylation sites (tertiary alicyclic amines) is 1. The monoisotopic (exact) mass is 411 g/mol. The summed E-state index contributed by atoms with van der Waals surface area (Å²) in [5, 5.41) is 19.4. The second-order valence-electron chi connectivity index (χ2n) is 7.93. The first-order valence-corrected chi connectivity index (χ1v) is 10.2. The van der Waals surface area contributed by atoms with Crippen LogP contribution in [-0.4, -0.2) is 51.4 Å². The van der Waals surface area contributed by atoms with Crippen LogP contribution in [0.2, 0.25) is 0 Å². The van der Waals surface area contributed by atoms with Crippen LogP contribution in [0.15, 0.2) is 42.5 Å². The Balaban J connectivity index is 1.63. The molecule has 1 atom stereocenters. The van der Waals surface area contributed by atoms with Gasteiger partial charge in [-0.05, 0) is 61.2 Å². The smallest absolute Gasteiger partial charge is 0.274 e. The molecule has 4 rings (SSSR count). The van der Waals surface area contributed by atoms with Crippen LogP contribution in [0, 0.1) is 12.7 Å². The van der Waals surface area contributed by atoms with Crippen molar-refractivity contribution >= 4 is 16.8 Å². The number of aliphatic hydroxyl groups is 1. The van der Waals surface area contributed by atoms with Crippen molar-refractivity contribution in [3.8, 4) is 0 Å². The van der Waals surface area contributed by atoms with Crippen LogP contribution < -0.4 is 5.48 Å². The van der Waals surface area contributed by atoms with Gasteiger partial charge in [0.15, 0.2) is 0 Å². The second kappa shape index (κ2) is 8.55. The van der Waals surface area contributed by atoms with Gasteiger partial charge in [0.25, 0.3) is 5.91 Å². The lowest BCUT2D eigenvalue weighted by Crippen LogP contribution is -2.26. The van der Waals surface area contributed by atoms with E-state index in [4.69, 9.17) is 5.21 Å². The summed E-state index contributed by atoms with van der Waals surface area (Å²) < 4.78 is 16.3. The standard InChI is InChI=1S/C23H26FN3O3/c1-15-20(12-16-2-4-17(5-3-16)23(29)25-30)21-13-18(24)6-7-22(21)27(15)11-10-26-9-8-19(28)14-26/h2-7,13,19,28,30H,8-12,14H2,1H3,(H,25,29). The van der Waals surface area contributed by atoms with Crippen LogP contribution in [0.5, 0.6) is 0 Å². The van der Waals surface area contributed by atoms with E-state index in [1.807, 2.05) is 18.2 Å². The maximum absolute atomic E-state index is 14.0. The van der Waals surface area contributed by atoms with Gasteiger partial charge in [-0.25, -0.2) is 9.87 Å². The number of β-amino-alcohol motifs (C(OH)–C–C–N with tert-alkyl or cyclic N) is 1. The summed E-state index contributed by atoms with van der Waals surface area (Å²) in [6.45, 7) is 5.27. The minimum Gasteiger partial charge on any atom is -0.392 e. The van der Waals surface area contributed by atoms with Gasteiger partial charge in [-0.3, -0.25) is 14.9 Å². The normalized spacial score (nSPS) is 17.0. The summed E-state index contributed by atoms with van der Waals surface area (Å²) in [6, 6.07) is 11.9. The van der Waals surface area contributed by atoms with E-state index in [2.05, 4.69) is 16.4 Å². The Morgan fingerprint density at radius 2 is 1.97 bits per heavy atom. The van der Waals surface area contributed by atoms with Crippen molar-refractivity contribution in [2.75, 3.05) is 19.6 Å². The summed E-state index contributed by atoms with van der Waals surface area (Å²) in [5.74, 6) is -0.818.